The molecule has 0 atom stereocenters. The smallest absolute Gasteiger partial charge is 0.336 e. The SMILES string of the molecule is CCCc1cc(=O)oc2c(CN3CCC(C)CC3)c(O)ccc12. The average Bonchev–Trinajstić information content (AvgIpc) is 2.52. The molecule has 1 saturated heterocycles. The molecule has 0 bridgehead atoms. The van der Waals surface area contributed by atoms with Gasteiger partial charge in [0.2, 0.25) is 0 Å². The summed E-state index contributed by atoms with van der Waals surface area (Å²) in [6, 6.07) is 5.17. The van der Waals surface area contributed by atoms with Crippen molar-refractivity contribution in [1.29, 1.82) is 0 Å². The lowest BCUT2D eigenvalue weighted by molar-refractivity contribution is 0.183. The molecule has 1 aromatic heterocycles. The first kappa shape index (κ1) is 16.1. The molecule has 4 nitrogen and oxygen atoms in total. The Balaban J connectivity index is 2.01. The van der Waals surface area contributed by atoms with Crippen LogP contribution in [0.3, 0.4) is 0 Å². The number of nitrogens with zero attached hydrogens (tertiary/aromatic N) is 1. The number of likely N-dealkylation sites (tertiary alicyclic amines) is 1. The summed E-state index contributed by atoms with van der Waals surface area (Å²) in [5, 5.41) is 11.3. The van der Waals surface area contributed by atoms with Gasteiger partial charge in [-0.3, -0.25) is 4.90 Å². The molecule has 0 aliphatic carbocycles. The predicted molar refractivity (Wildman–Crippen MR) is 91.8 cm³/mol. The Morgan fingerprint density at radius 2 is 2.04 bits per heavy atom. The zero-order chi connectivity index (χ0) is 16.4. The van der Waals surface area contributed by atoms with E-state index in [9.17, 15) is 9.90 Å². The maximum absolute atomic E-state index is 11.9. The first-order valence-electron chi connectivity index (χ1n) is 8.58. The third-order valence-electron chi connectivity index (χ3n) is 4.85. The fourth-order valence-electron chi connectivity index (χ4n) is 3.41. The van der Waals surface area contributed by atoms with Crippen LogP contribution in [0.2, 0.25) is 0 Å². The first-order chi connectivity index (χ1) is 11.1. The minimum Gasteiger partial charge on any atom is -0.507 e. The number of piperidine rings is 1. The Labute approximate surface area is 136 Å². The molecule has 0 radical (unpaired) electrons. The molecule has 0 unspecified atom stereocenters. The number of aryl methyl sites for hydroxylation is 1. The summed E-state index contributed by atoms with van der Waals surface area (Å²) in [5.41, 5.74) is 1.97. The summed E-state index contributed by atoms with van der Waals surface area (Å²) in [7, 11) is 0. The van der Waals surface area contributed by atoms with Crippen LogP contribution < -0.4 is 5.63 Å². The van der Waals surface area contributed by atoms with E-state index in [2.05, 4.69) is 18.7 Å². The Morgan fingerprint density at radius 3 is 2.74 bits per heavy atom. The molecule has 1 N–H and O–H groups in total. The highest BCUT2D eigenvalue weighted by Gasteiger charge is 2.20. The van der Waals surface area contributed by atoms with Gasteiger partial charge in [0, 0.05) is 18.0 Å². The van der Waals surface area contributed by atoms with Gasteiger partial charge >= 0.3 is 5.63 Å². The van der Waals surface area contributed by atoms with Gasteiger partial charge in [0.15, 0.2) is 0 Å². The molecule has 1 aliphatic heterocycles. The zero-order valence-corrected chi connectivity index (χ0v) is 14.0. The maximum Gasteiger partial charge on any atom is 0.336 e. The van der Waals surface area contributed by atoms with Gasteiger partial charge in [0.05, 0.1) is 5.56 Å². The molecule has 0 saturated carbocycles. The third kappa shape index (κ3) is 3.42. The van der Waals surface area contributed by atoms with Crippen molar-refractivity contribution < 1.29 is 9.52 Å². The number of phenolic OH excluding ortho intramolecular Hbond substituents is 1. The minimum absolute atomic E-state index is 0.216. The van der Waals surface area contributed by atoms with Crippen molar-refractivity contribution in [3.05, 3.63) is 39.7 Å². The lowest BCUT2D eigenvalue weighted by Gasteiger charge is -2.30. The highest BCUT2D eigenvalue weighted by Crippen LogP contribution is 2.31. The van der Waals surface area contributed by atoms with E-state index < -0.39 is 0 Å². The highest BCUT2D eigenvalue weighted by atomic mass is 16.4. The summed E-state index contributed by atoms with van der Waals surface area (Å²) in [6.07, 6.45) is 4.17. The van der Waals surface area contributed by atoms with E-state index in [1.54, 1.807) is 12.1 Å². The lowest BCUT2D eigenvalue weighted by atomic mass is 9.98. The second kappa shape index (κ2) is 6.75. The van der Waals surface area contributed by atoms with Crippen molar-refractivity contribution in [1.82, 2.24) is 4.90 Å². The molecule has 1 aliphatic rings. The van der Waals surface area contributed by atoms with Gasteiger partial charge in [0.1, 0.15) is 11.3 Å². The normalized spacial score (nSPS) is 17.0. The van der Waals surface area contributed by atoms with Crippen LogP contribution in [-0.4, -0.2) is 23.1 Å². The van der Waals surface area contributed by atoms with E-state index in [1.807, 2.05) is 6.07 Å². The molecule has 124 valence electrons. The first-order valence-corrected chi connectivity index (χ1v) is 8.58. The summed E-state index contributed by atoms with van der Waals surface area (Å²) in [4.78, 5) is 14.3. The van der Waals surface area contributed by atoms with Crippen molar-refractivity contribution >= 4 is 11.0 Å². The molecule has 3 rings (SSSR count). The summed E-state index contributed by atoms with van der Waals surface area (Å²) < 4.78 is 5.48. The largest absolute Gasteiger partial charge is 0.507 e. The van der Waals surface area contributed by atoms with E-state index in [-0.39, 0.29) is 11.4 Å². The Hall–Kier alpha value is -1.81. The molecule has 2 aromatic rings. The van der Waals surface area contributed by atoms with Gasteiger partial charge in [-0.2, -0.15) is 0 Å². The second-order valence-electron chi connectivity index (χ2n) is 6.74. The average molecular weight is 315 g/mol. The van der Waals surface area contributed by atoms with Crippen molar-refractivity contribution in [3.63, 3.8) is 0 Å². The van der Waals surface area contributed by atoms with Gasteiger partial charge in [-0.1, -0.05) is 20.3 Å². The second-order valence-corrected chi connectivity index (χ2v) is 6.74. The quantitative estimate of drug-likeness (QED) is 0.874. The highest BCUT2D eigenvalue weighted by molar-refractivity contribution is 5.85. The number of fused-ring (bicyclic) bond motifs is 1. The summed E-state index contributed by atoms with van der Waals surface area (Å²) in [6.45, 7) is 7.06. The maximum atomic E-state index is 11.9. The third-order valence-corrected chi connectivity index (χ3v) is 4.85. The van der Waals surface area contributed by atoms with Crippen LogP contribution in [0, 0.1) is 5.92 Å². The van der Waals surface area contributed by atoms with Crippen molar-refractivity contribution in [3.8, 4) is 5.75 Å². The molecule has 2 heterocycles. The molecule has 0 spiro atoms. The molecule has 4 heteroatoms. The van der Waals surface area contributed by atoms with E-state index in [0.29, 0.717) is 12.1 Å². The van der Waals surface area contributed by atoms with Crippen LogP contribution in [-0.2, 0) is 13.0 Å². The number of hydrogen-bond donors (Lipinski definition) is 1. The zero-order valence-electron chi connectivity index (χ0n) is 14.0. The predicted octanol–water partition coefficient (Wildman–Crippen LogP) is 3.68. The number of aromatic hydroxyl groups is 1. The van der Waals surface area contributed by atoms with Crippen LogP contribution in [0.4, 0.5) is 0 Å². The van der Waals surface area contributed by atoms with Crippen molar-refractivity contribution in [2.24, 2.45) is 5.92 Å². The number of rotatable bonds is 4. The van der Waals surface area contributed by atoms with E-state index >= 15 is 0 Å². The van der Waals surface area contributed by atoms with E-state index in [4.69, 9.17) is 4.42 Å². The van der Waals surface area contributed by atoms with Crippen LogP contribution in [0.1, 0.15) is 44.2 Å². The topological polar surface area (TPSA) is 53.7 Å². The van der Waals surface area contributed by atoms with Crippen LogP contribution in [0.25, 0.3) is 11.0 Å². The lowest BCUT2D eigenvalue weighted by Crippen LogP contribution is -2.32. The Morgan fingerprint density at radius 1 is 1.30 bits per heavy atom. The van der Waals surface area contributed by atoms with Crippen molar-refractivity contribution in [2.75, 3.05) is 13.1 Å². The monoisotopic (exact) mass is 315 g/mol. The number of benzene rings is 1. The minimum atomic E-state index is -0.333. The number of phenols is 1. The fourth-order valence-corrected chi connectivity index (χ4v) is 3.41. The van der Waals surface area contributed by atoms with Gasteiger partial charge < -0.3 is 9.52 Å². The van der Waals surface area contributed by atoms with Crippen molar-refractivity contribution in [2.45, 2.75) is 46.1 Å². The molecule has 1 aromatic carbocycles. The molecular weight excluding hydrogens is 290 g/mol. The molecule has 0 amide bonds. The standard InChI is InChI=1S/C19H25NO3/c1-3-4-14-11-18(22)23-19-15(14)5-6-17(21)16(19)12-20-9-7-13(2)8-10-20/h5-6,11,13,21H,3-4,7-10,12H2,1-2H3. The van der Waals surface area contributed by atoms with Gasteiger partial charge in [-0.15, -0.1) is 0 Å². The van der Waals surface area contributed by atoms with E-state index in [1.165, 1.54) is 12.8 Å². The van der Waals surface area contributed by atoms with Crippen LogP contribution in [0.15, 0.2) is 27.4 Å². The Bertz CT molecular complexity index is 742. The summed E-state index contributed by atoms with van der Waals surface area (Å²) in [5.74, 6) is 0.981. The molecule has 1 fully saturated rings. The van der Waals surface area contributed by atoms with Gasteiger partial charge in [-0.25, -0.2) is 4.79 Å². The van der Waals surface area contributed by atoms with Gasteiger partial charge in [0.25, 0.3) is 0 Å². The fraction of sp³-hybridized carbons (Fsp3) is 0.526. The summed E-state index contributed by atoms with van der Waals surface area (Å²) >= 11 is 0. The van der Waals surface area contributed by atoms with E-state index in [0.717, 1.165) is 48.4 Å². The Kier molecular flexibility index (Phi) is 4.71. The molecular formula is C19H25NO3. The van der Waals surface area contributed by atoms with Crippen LogP contribution >= 0.6 is 0 Å². The van der Waals surface area contributed by atoms with Crippen LogP contribution in [0.5, 0.6) is 5.75 Å². The van der Waals surface area contributed by atoms with Gasteiger partial charge in [-0.05, 0) is 56.0 Å². The molecule has 23 heavy (non-hydrogen) atoms. The number of hydrogen-bond acceptors (Lipinski definition) is 4.